The lowest BCUT2D eigenvalue weighted by molar-refractivity contribution is -0.308. The van der Waals surface area contributed by atoms with Crippen molar-refractivity contribution >= 4 is 5.97 Å². The maximum Gasteiger partial charge on any atom is 0.311 e. The van der Waals surface area contributed by atoms with Gasteiger partial charge in [-0.05, 0) is 105 Å². The predicted octanol–water partition coefficient (Wildman–Crippen LogP) is 3.48. The zero-order valence-electron chi connectivity index (χ0n) is 47.6. The summed E-state index contributed by atoms with van der Waals surface area (Å²) in [6.45, 7) is 15.9. The molecular formula is C54H89FN8O14. The van der Waals surface area contributed by atoms with Crippen LogP contribution in [0.25, 0.3) is 5.69 Å². The monoisotopic (exact) mass is 1090 g/mol. The summed E-state index contributed by atoms with van der Waals surface area (Å²) in [6.07, 6.45) is -6.33. The highest BCUT2D eigenvalue weighted by Gasteiger charge is 2.51. The van der Waals surface area contributed by atoms with E-state index in [4.69, 9.17) is 37.9 Å². The van der Waals surface area contributed by atoms with Crippen LogP contribution in [0.5, 0.6) is 0 Å². The van der Waals surface area contributed by atoms with Gasteiger partial charge in [0.15, 0.2) is 12.6 Å². The number of alkyl halides is 1. The molecule has 77 heavy (non-hydrogen) atoms. The Kier molecular flexibility index (Phi) is 21.7. The molecule has 3 saturated heterocycles. The maximum absolute atomic E-state index is 14.9. The van der Waals surface area contributed by atoms with Crippen LogP contribution in [0.2, 0.25) is 0 Å². The summed E-state index contributed by atoms with van der Waals surface area (Å²) in [7, 11) is 8.30. The molecule has 0 unspecified atom stereocenters. The fraction of sp³-hybridized carbons (Fsp3) is 0.796. The number of ether oxygens (including phenoxy) is 8. The quantitative estimate of drug-likeness (QED) is 0.114. The maximum atomic E-state index is 14.9. The Morgan fingerprint density at radius 3 is 2.23 bits per heavy atom. The van der Waals surface area contributed by atoms with Gasteiger partial charge in [-0.1, -0.05) is 36.4 Å². The standard InChI is InChI=1S/C54H89FN8O14/c1-15-43-54(9,69)48(65)34(5)61(11)27-31(2)24-52(7,68)44(23-42(33(4)50(67)76-43)75-45-25-53(8,72-14)49(66)35(6)74-45)77-51-46(64)40(22-32(3)73-51)60(10)21-20-37-28-63(59-56-37)41(26-55)47(71-13)36-16-18-39(19-17-36)62-29-38(30-70-12)57-58-62/h16-19,28-29,31-35,40-49,51,64-66,68-69H,15,20-27,30H2,1-14H3/t31-,32-,33-,34-,35+,40+,41-,42+,43-,44-,45+,46-,47-,48-,49+,51+,52-,53-,54-/m1/s1. The fourth-order valence-corrected chi connectivity index (χ4v) is 11.4. The van der Waals surface area contributed by atoms with Crippen molar-refractivity contribution in [2.24, 2.45) is 11.8 Å². The molecule has 436 valence electrons. The Hall–Kier alpha value is -3.66. The van der Waals surface area contributed by atoms with Gasteiger partial charge in [0.25, 0.3) is 0 Å². The van der Waals surface area contributed by atoms with E-state index in [1.807, 2.05) is 62.0 Å². The van der Waals surface area contributed by atoms with Crippen LogP contribution in [0, 0.1) is 11.8 Å². The Labute approximate surface area is 453 Å². The molecule has 22 nitrogen and oxygen atoms in total. The number of hydrogen-bond acceptors (Lipinski definition) is 20. The van der Waals surface area contributed by atoms with Crippen LogP contribution in [0.15, 0.2) is 36.7 Å². The van der Waals surface area contributed by atoms with Crippen molar-refractivity contribution in [2.45, 2.75) is 210 Å². The van der Waals surface area contributed by atoms with Gasteiger partial charge >= 0.3 is 5.97 Å². The zero-order chi connectivity index (χ0) is 56.7. The van der Waals surface area contributed by atoms with E-state index in [9.17, 15) is 34.7 Å². The van der Waals surface area contributed by atoms with E-state index in [2.05, 4.69) is 20.6 Å². The smallest absolute Gasteiger partial charge is 0.311 e. The Morgan fingerprint density at radius 2 is 1.60 bits per heavy atom. The molecule has 5 N–H and O–H groups in total. The largest absolute Gasteiger partial charge is 0.459 e. The number of cyclic esters (lactones) is 1. The highest BCUT2D eigenvalue weighted by Crippen LogP contribution is 2.39. The van der Waals surface area contributed by atoms with Crippen molar-refractivity contribution in [3.8, 4) is 5.69 Å². The summed E-state index contributed by atoms with van der Waals surface area (Å²) in [5, 5.41) is 76.5. The second-order valence-corrected chi connectivity index (χ2v) is 22.7. The van der Waals surface area contributed by atoms with Gasteiger partial charge < -0.3 is 73.2 Å². The minimum absolute atomic E-state index is 0.0865. The number of rotatable bonds is 18. The normalized spacial score (nSPS) is 37.2. The van der Waals surface area contributed by atoms with Gasteiger partial charge in [0, 0.05) is 72.0 Å². The molecule has 3 aliphatic heterocycles. The van der Waals surface area contributed by atoms with Crippen molar-refractivity contribution in [3.63, 3.8) is 0 Å². The van der Waals surface area contributed by atoms with Gasteiger partial charge in [-0.3, -0.25) is 4.79 Å². The van der Waals surface area contributed by atoms with Gasteiger partial charge in [0.2, 0.25) is 0 Å². The molecule has 6 rings (SSSR count). The van der Waals surface area contributed by atoms with Crippen molar-refractivity contribution in [2.75, 3.05) is 55.2 Å². The Bertz CT molecular complexity index is 2290. The number of carbonyl (C=O) groups excluding carboxylic acids is 1. The predicted molar refractivity (Wildman–Crippen MR) is 279 cm³/mol. The summed E-state index contributed by atoms with van der Waals surface area (Å²) in [5.41, 5.74) is -1.80. The summed E-state index contributed by atoms with van der Waals surface area (Å²) in [4.78, 5) is 18.3. The van der Waals surface area contributed by atoms with E-state index in [0.29, 0.717) is 43.9 Å². The molecule has 0 aliphatic carbocycles. The first kappa shape index (κ1) is 62.5. The van der Waals surface area contributed by atoms with Gasteiger partial charge in [-0.25, -0.2) is 13.8 Å². The van der Waals surface area contributed by atoms with E-state index in [1.54, 1.807) is 65.7 Å². The van der Waals surface area contributed by atoms with E-state index >= 15 is 0 Å². The number of benzene rings is 1. The third-order valence-electron chi connectivity index (χ3n) is 16.4. The van der Waals surface area contributed by atoms with Gasteiger partial charge in [-0.2, -0.15) is 0 Å². The van der Waals surface area contributed by atoms with Gasteiger partial charge in [0.1, 0.15) is 54.5 Å². The van der Waals surface area contributed by atoms with Crippen LogP contribution in [-0.4, -0.2) is 217 Å². The van der Waals surface area contributed by atoms with Crippen LogP contribution in [0.3, 0.4) is 0 Å². The van der Waals surface area contributed by atoms with E-state index in [0.717, 1.165) is 11.3 Å². The Balaban J connectivity index is 1.22. The van der Waals surface area contributed by atoms with E-state index in [-0.39, 0.29) is 31.6 Å². The van der Waals surface area contributed by atoms with Crippen LogP contribution in [0.1, 0.15) is 124 Å². The first-order chi connectivity index (χ1) is 36.3. The van der Waals surface area contributed by atoms with Crippen LogP contribution >= 0.6 is 0 Å². The number of halogens is 1. The summed E-state index contributed by atoms with van der Waals surface area (Å²) < 4.78 is 67.0. The van der Waals surface area contributed by atoms with Crippen molar-refractivity contribution in [1.82, 2.24) is 39.8 Å². The lowest BCUT2D eigenvalue weighted by atomic mass is 9.83. The Morgan fingerprint density at radius 1 is 0.909 bits per heavy atom. The number of likely N-dealkylation sites (N-methyl/N-ethyl adjacent to an activating group) is 2. The van der Waals surface area contributed by atoms with Crippen LogP contribution in [-0.2, 0) is 55.7 Å². The third-order valence-corrected chi connectivity index (χ3v) is 16.4. The molecule has 5 heterocycles. The average Bonchev–Trinajstić information content (AvgIpc) is 4.08. The molecule has 0 bridgehead atoms. The number of aromatic nitrogens is 6. The summed E-state index contributed by atoms with van der Waals surface area (Å²) in [5.74, 6) is -2.01. The summed E-state index contributed by atoms with van der Waals surface area (Å²) in [6, 6.07) is 5.49. The molecule has 0 spiro atoms. The second kappa shape index (κ2) is 26.7. The highest BCUT2D eigenvalue weighted by atomic mass is 19.1. The number of esters is 1. The number of aliphatic hydroxyl groups excluding tert-OH is 3. The third kappa shape index (κ3) is 14.8. The molecule has 2 aromatic heterocycles. The first-order valence-corrected chi connectivity index (χ1v) is 27.1. The molecule has 3 aliphatic rings. The first-order valence-electron chi connectivity index (χ1n) is 27.1. The van der Waals surface area contributed by atoms with Crippen molar-refractivity contribution in [3.05, 3.63) is 53.6 Å². The zero-order valence-corrected chi connectivity index (χ0v) is 47.6. The topological polar surface area (TPSA) is 260 Å². The van der Waals surface area contributed by atoms with E-state index in [1.165, 1.54) is 25.8 Å². The summed E-state index contributed by atoms with van der Waals surface area (Å²) >= 11 is 0. The number of hydrogen-bond donors (Lipinski definition) is 5. The molecule has 3 fully saturated rings. The van der Waals surface area contributed by atoms with Crippen molar-refractivity contribution < 1.29 is 72.6 Å². The number of aliphatic hydroxyl groups is 5. The van der Waals surface area contributed by atoms with Crippen LogP contribution in [0.4, 0.5) is 4.39 Å². The van der Waals surface area contributed by atoms with Gasteiger partial charge in [0.05, 0.1) is 65.7 Å². The minimum atomic E-state index is -1.85. The van der Waals surface area contributed by atoms with Crippen molar-refractivity contribution in [1.29, 1.82) is 0 Å². The molecule has 3 aromatic rings. The highest BCUT2D eigenvalue weighted by molar-refractivity contribution is 5.73. The van der Waals surface area contributed by atoms with E-state index < -0.39 is 121 Å². The molecular weight excluding hydrogens is 1000 g/mol. The molecule has 19 atom stereocenters. The molecule has 0 amide bonds. The second-order valence-electron chi connectivity index (χ2n) is 22.7. The number of methoxy groups -OCH3 is 3. The lowest BCUT2D eigenvalue weighted by Crippen LogP contribution is -2.59. The van der Waals surface area contributed by atoms with Crippen LogP contribution < -0.4 is 0 Å². The molecule has 1 aromatic carbocycles. The lowest BCUT2D eigenvalue weighted by Gasteiger charge is -2.47. The SMILES string of the molecule is CC[C@H]1OC(=O)[C@H](C)[C@@H](O[C@H]2C[C@@](C)(OC)[C@@H](O)[C@H](C)O2)C[C@@H](O[C@@H]2O[C@H](C)C[C@H](N(C)CCc3cn([C@H](CF)[C@H](OC)c4ccc(-n5cc(COC)nn5)cc4)nn3)[C@H]2O)[C@](C)(O)C[C@@H](C)CN(C)[C@H](C)[C@@H](O)[C@]1(C)O. The molecule has 0 radical (unpaired) electrons. The number of carbonyl (C=O) groups is 1. The number of nitrogens with zero attached hydrogens (tertiary/aromatic N) is 8. The minimum Gasteiger partial charge on any atom is -0.459 e. The van der Waals surface area contributed by atoms with Gasteiger partial charge in [-0.15, -0.1) is 10.2 Å². The average molecular weight is 1090 g/mol. The molecule has 23 heteroatoms. The fourth-order valence-electron chi connectivity index (χ4n) is 11.4. The molecule has 0 saturated carbocycles.